The molecule has 2 aromatic rings. The van der Waals surface area contributed by atoms with Crippen molar-refractivity contribution in [1.29, 1.82) is 0 Å². The van der Waals surface area contributed by atoms with E-state index < -0.39 is 15.5 Å². The molecule has 1 aromatic carbocycles. The van der Waals surface area contributed by atoms with Gasteiger partial charge in [-0.1, -0.05) is 0 Å². The van der Waals surface area contributed by atoms with Gasteiger partial charge in [-0.3, -0.25) is 29.4 Å². The van der Waals surface area contributed by atoms with Crippen LogP contribution in [-0.4, -0.2) is 32.1 Å². The summed E-state index contributed by atoms with van der Waals surface area (Å²) in [6, 6.07) is 1.30. The van der Waals surface area contributed by atoms with E-state index in [4.69, 9.17) is 0 Å². The molecule has 1 saturated heterocycles. The third-order valence-corrected chi connectivity index (χ3v) is 4.66. The van der Waals surface area contributed by atoms with Crippen LogP contribution in [0.3, 0.4) is 0 Å². The lowest BCUT2D eigenvalue weighted by Crippen LogP contribution is -2.23. The Hall–Kier alpha value is -2.91. The molecular weight excluding hydrogens is 330 g/mol. The quantitative estimate of drug-likeness (QED) is 0.604. The fourth-order valence-electron chi connectivity index (χ4n) is 3.60. The zero-order valence-corrected chi connectivity index (χ0v) is 14.1. The number of imidazole rings is 1. The van der Waals surface area contributed by atoms with Crippen molar-refractivity contribution in [3.8, 4) is 0 Å². The molecule has 1 aliphatic rings. The van der Waals surface area contributed by atoms with E-state index in [9.17, 15) is 25.0 Å². The summed E-state index contributed by atoms with van der Waals surface area (Å²) in [5.41, 5.74) is -0.664. The Morgan fingerprint density at radius 1 is 1.04 bits per heavy atom. The van der Waals surface area contributed by atoms with Crippen LogP contribution in [0.4, 0.5) is 17.1 Å². The SMILES string of the molecule is CCn1c(=O)n(CC)c2c([N+](=O)[O-])c(N3CCCC3)c([N+](=O)[O-])cc21. The van der Waals surface area contributed by atoms with Crippen molar-refractivity contribution in [2.24, 2.45) is 0 Å². The van der Waals surface area contributed by atoms with Gasteiger partial charge < -0.3 is 4.90 Å². The van der Waals surface area contributed by atoms with Gasteiger partial charge in [-0.15, -0.1) is 0 Å². The minimum Gasteiger partial charge on any atom is -0.360 e. The van der Waals surface area contributed by atoms with Crippen molar-refractivity contribution in [2.75, 3.05) is 18.0 Å². The molecule has 1 aliphatic heterocycles. The lowest BCUT2D eigenvalue weighted by atomic mass is 10.1. The number of aromatic nitrogens is 2. The summed E-state index contributed by atoms with van der Waals surface area (Å²) in [7, 11) is 0. The number of fused-ring (bicyclic) bond motifs is 1. The van der Waals surface area contributed by atoms with Gasteiger partial charge in [0.05, 0.1) is 15.4 Å². The number of aryl methyl sites for hydroxylation is 2. The first kappa shape index (κ1) is 16.9. The second kappa shape index (κ2) is 6.19. The van der Waals surface area contributed by atoms with Crippen molar-refractivity contribution in [3.63, 3.8) is 0 Å². The largest absolute Gasteiger partial charge is 0.360 e. The van der Waals surface area contributed by atoms with Crippen molar-refractivity contribution in [3.05, 3.63) is 36.8 Å². The highest BCUT2D eigenvalue weighted by molar-refractivity contribution is 5.98. The molecule has 0 radical (unpaired) electrons. The van der Waals surface area contributed by atoms with Crippen LogP contribution in [-0.2, 0) is 13.1 Å². The number of nitrogens with zero attached hydrogens (tertiary/aromatic N) is 5. The van der Waals surface area contributed by atoms with E-state index in [2.05, 4.69) is 0 Å². The summed E-state index contributed by atoms with van der Waals surface area (Å²) >= 11 is 0. The van der Waals surface area contributed by atoms with Gasteiger partial charge in [-0.25, -0.2) is 4.79 Å². The number of anilines is 1. The van der Waals surface area contributed by atoms with E-state index in [0.29, 0.717) is 13.1 Å². The van der Waals surface area contributed by atoms with Gasteiger partial charge in [0.25, 0.3) is 0 Å². The van der Waals surface area contributed by atoms with Crippen molar-refractivity contribution in [1.82, 2.24) is 9.13 Å². The molecule has 1 aromatic heterocycles. The van der Waals surface area contributed by atoms with Gasteiger partial charge in [-0.05, 0) is 26.7 Å². The van der Waals surface area contributed by atoms with Crippen LogP contribution in [0.25, 0.3) is 11.0 Å². The Kier molecular flexibility index (Phi) is 4.19. The van der Waals surface area contributed by atoms with Crippen LogP contribution in [0.5, 0.6) is 0 Å². The van der Waals surface area contributed by atoms with Crippen molar-refractivity contribution < 1.29 is 9.85 Å². The Morgan fingerprint density at radius 3 is 2.12 bits per heavy atom. The highest BCUT2D eigenvalue weighted by atomic mass is 16.6. The average Bonchev–Trinajstić information content (AvgIpc) is 3.17. The molecule has 0 bridgehead atoms. The first-order valence-electron chi connectivity index (χ1n) is 8.26. The molecule has 134 valence electrons. The van der Waals surface area contributed by atoms with Crippen LogP contribution in [0, 0.1) is 20.2 Å². The third kappa shape index (κ3) is 2.44. The zero-order valence-electron chi connectivity index (χ0n) is 14.1. The molecule has 10 nitrogen and oxygen atoms in total. The number of nitro groups is 2. The maximum Gasteiger partial charge on any atom is 0.329 e. The van der Waals surface area contributed by atoms with Gasteiger partial charge in [0, 0.05) is 32.2 Å². The number of benzene rings is 1. The molecule has 25 heavy (non-hydrogen) atoms. The zero-order chi connectivity index (χ0) is 18.3. The number of hydrogen-bond acceptors (Lipinski definition) is 6. The molecule has 0 N–H and O–H groups in total. The Balaban J connectivity index is 2.53. The predicted octanol–water partition coefficient (Wildman–Crippen LogP) is 2.26. The molecule has 1 fully saturated rings. The molecule has 0 amide bonds. The second-order valence-electron chi connectivity index (χ2n) is 5.94. The van der Waals surface area contributed by atoms with Gasteiger partial charge in [0.1, 0.15) is 0 Å². The van der Waals surface area contributed by atoms with Gasteiger partial charge in [0.2, 0.25) is 0 Å². The van der Waals surface area contributed by atoms with E-state index in [1.165, 1.54) is 15.2 Å². The highest BCUT2D eigenvalue weighted by Gasteiger charge is 2.37. The van der Waals surface area contributed by atoms with E-state index >= 15 is 0 Å². The Bertz CT molecular complexity index is 923. The smallest absolute Gasteiger partial charge is 0.329 e. The van der Waals surface area contributed by atoms with Crippen LogP contribution in [0.15, 0.2) is 10.9 Å². The second-order valence-corrected chi connectivity index (χ2v) is 5.94. The fourth-order valence-corrected chi connectivity index (χ4v) is 3.60. The first-order valence-corrected chi connectivity index (χ1v) is 8.26. The van der Waals surface area contributed by atoms with E-state index in [0.717, 1.165) is 12.8 Å². The third-order valence-electron chi connectivity index (χ3n) is 4.66. The minimum atomic E-state index is -0.603. The standard InChI is InChI=1S/C15H19N5O5/c1-3-17-10-9-11(19(22)23)12(16-7-5-6-8-16)14(20(24)25)13(10)18(4-2)15(17)21/h9H,3-8H2,1-2H3. The summed E-state index contributed by atoms with van der Waals surface area (Å²) in [6.45, 7) is 5.03. The molecule has 0 saturated carbocycles. The lowest BCUT2D eigenvalue weighted by Gasteiger charge is -2.18. The summed E-state index contributed by atoms with van der Waals surface area (Å²) in [4.78, 5) is 36.5. The van der Waals surface area contributed by atoms with Crippen LogP contribution in [0.1, 0.15) is 26.7 Å². The maximum absolute atomic E-state index is 12.6. The fraction of sp³-hybridized carbons (Fsp3) is 0.533. The molecule has 0 unspecified atom stereocenters. The molecular formula is C15H19N5O5. The number of rotatable bonds is 5. The lowest BCUT2D eigenvalue weighted by molar-refractivity contribution is -0.391. The Morgan fingerprint density at radius 2 is 1.64 bits per heavy atom. The van der Waals surface area contributed by atoms with Gasteiger partial charge in [-0.2, -0.15) is 0 Å². The Labute approximate surface area is 142 Å². The monoisotopic (exact) mass is 349 g/mol. The molecule has 0 aliphatic carbocycles. The van der Waals surface area contributed by atoms with E-state index in [1.54, 1.807) is 18.7 Å². The van der Waals surface area contributed by atoms with Crippen LogP contribution < -0.4 is 10.6 Å². The van der Waals surface area contributed by atoms with Crippen LogP contribution >= 0.6 is 0 Å². The van der Waals surface area contributed by atoms with E-state index in [-0.39, 0.29) is 41.2 Å². The van der Waals surface area contributed by atoms with Gasteiger partial charge in [0.15, 0.2) is 11.2 Å². The molecule has 0 atom stereocenters. The summed E-state index contributed by atoms with van der Waals surface area (Å²) in [5, 5.41) is 23.5. The molecule has 0 spiro atoms. The number of hydrogen-bond donors (Lipinski definition) is 0. The summed E-state index contributed by atoms with van der Waals surface area (Å²) in [5.74, 6) is 0. The highest BCUT2D eigenvalue weighted by Crippen LogP contribution is 2.44. The van der Waals surface area contributed by atoms with Crippen LogP contribution in [0.2, 0.25) is 0 Å². The van der Waals surface area contributed by atoms with Crippen molar-refractivity contribution in [2.45, 2.75) is 39.8 Å². The average molecular weight is 349 g/mol. The van der Waals surface area contributed by atoms with Crippen molar-refractivity contribution >= 4 is 28.1 Å². The first-order chi connectivity index (χ1) is 11.9. The summed E-state index contributed by atoms with van der Waals surface area (Å²) in [6.07, 6.45) is 1.64. The molecule has 2 heterocycles. The predicted molar refractivity (Wildman–Crippen MR) is 92.3 cm³/mol. The molecule has 3 rings (SSSR count). The van der Waals surface area contributed by atoms with E-state index in [1.807, 2.05) is 0 Å². The normalized spacial score (nSPS) is 14.4. The van der Waals surface area contributed by atoms with Gasteiger partial charge >= 0.3 is 17.1 Å². The topological polar surface area (TPSA) is 116 Å². The minimum absolute atomic E-state index is 0.00968. The molecule has 10 heteroatoms. The maximum atomic E-state index is 12.6. The summed E-state index contributed by atoms with van der Waals surface area (Å²) < 4.78 is 2.66. The number of nitro benzene ring substituents is 2.